The average molecular weight is 268 g/mol. The van der Waals surface area contributed by atoms with Crippen LogP contribution in [0.25, 0.3) is 0 Å². The number of rotatable bonds is 5. The minimum absolute atomic E-state index is 0.140. The average Bonchev–Trinajstić information content (AvgIpc) is 2.26. The van der Waals surface area contributed by atoms with Crippen molar-refractivity contribution < 1.29 is 8.42 Å². The van der Waals surface area contributed by atoms with Gasteiger partial charge in [0.05, 0.1) is 4.90 Å². The lowest BCUT2D eigenvalue weighted by Gasteiger charge is -2.25. The van der Waals surface area contributed by atoms with E-state index in [1.807, 2.05) is 14.0 Å². The minimum atomic E-state index is -3.61. The Balaban J connectivity index is 2.88. The standard InChI is InChI=1S/C13H20N2O2S/c1-10(2)9-15(4)11(3)12-5-7-13(8-6-12)18(14,16)17/h5-8,11H,1,9H2,2-4H3,(H2,14,16,17). The maximum absolute atomic E-state index is 11.1. The number of nitrogens with zero attached hydrogens (tertiary/aromatic N) is 1. The number of hydrogen-bond donors (Lipinski definition) is 1. The van der Waals surface area contributed by atoms with Gasteiger partial charge in [0, 0.05) is 12.6 Å². The van der Waals surface area contributed by atoms with Gasteiger partial charge in [0.1, 0.15) is 0 Å². The van der Waals surface area contributed by atoms with Gasteiger partial charge in [-0.05, 0) is 38.6 Å². The third kappa shape index (κ3) is 3.94. The first-order chi connectivity index (χ1) is 8.21. The second-order valence-electron chi connectivity index (χ2n) is 4.66. The summed E-state index contributed by atoms with van der Waals surface area (Å²) in [5, 5.41) is 5.06. The van der Waals surface area contributed by atoms with E-state index >= 15 is 0 Å². The molecule has 0 aliphatic carbocycles. The molecule has 0 fully saturated rings. The largest absolute Gasteiger partial charge is 0.296 e. The summed E-state index contributed by atoms with van der Waals surface area (Å²) in [6.45, 7) is 8.73. The van der Waals surface area contributed by atoms with Gasteiger partial charge in [-0.2, -0.15) is 0 Å². The summed E-state index contributed by atoms with van der Waals surface area (Å²) in [6.07, 6.45) is 0. The van der Waals surface area contributed by atoms with Gasteiger partial charge >= 0.3 is 0 Å². The zero-order chi connectivity index (χ0) is 13.9. The first kappa shape index (κ1) is 14.9. The number of benzene rings is 1. The zero-order valence-corrected chi connectivity index (χ0v) is 11.9. The molecule has 18 heavy (non-hydrogen) atoms. The molecule has 1 unspecified atom stereocenters. The van der Waals surface area contributed by atoms with Crippen LogP contribution in [0.3, 0.4) is 0 Å². The fraction of sp³-hybridized carbons (Fsp3) is 0.385. The number of sulfonamides is 1. The first-order valence-electron chi connectivity index (χ1n) is 5.69. The third-order valence-corrected chi connectivity index (χ3v) is 3.80. The fourth-order valence-corrected chi connectivity index (χ4v) is 2.27. The molecule has 0 heterocycles. The first-order valence-corrected chi connectivity index (χ1v) is 7.24. The van der Waals surface area contributed by atoms with E-state index in [-0.39, 0.29) is 10.9 Å². The zero-order valence-electron chi connectivity index (χ0n) is 11.1. The molecule has 0 aliphatic heterocycles. The van der Waals surface area contributed by atoms with Crippen molar-refractivity contribution >= 4 is 10.0 Å². The van der Waals surface area contributed by atoms with E-state index < -0.39 is 10.0 Å². The van der Waals surface area contributed by atoms with E-state index in [9.17, 15) is 8.42 Å². The lowest BCUT2D eigenvalue weighted by atomic mass is 10.1. The second kappa shape index (κ2) is 5.65. The van der Waals surface area contributed by atoms with Crippen LogP contribution in [-0.2, 0) is 10.0 Å². The van der Waals surface area contributed by atoms with Gasteiger partial charge in [0.15, 0.2) is 0 Å². The highest BCUT2D eigenvalue weighted by Crippen LogP contribution is 2.20. The van der Waals surface area contributed by atoms with Crippen molar-refractivity contribution in [2.75, 3.05) is 13.6 Å². The monoisotopic (exact) mass is 268 g/mol. The molecule has 0 saturated heterocycles. The molecule has 2 N–H and O–H groups in total. The number of primary sulfonamides is 1. The van der Waals surface area contributed by atoms with Gasteiger partial charge in [-0.1, -0.05) is 24.3 Å². The van der Waals surface area contributed by atoms with Crippen LogP contribution >= 0.6 is 0 Å². The van der Waals surface area contributed by atoms with Crippen LogP contribution in [0.2, 0.25) is 0 Å². The Morgan fingerprint density at radius 1 is 1.39 bits per heavy atom. The minimum Gasteiger partial charge on any atom is -0.296 e. The predicted octanol–water partition coefficient (Wildman–Crippen LogP) is 1.90. The summed E-state index contributed by atoms with van der Waals surface area (Å²) in [6, 6.07) is 6.85. The molecule has 0 aliphatic rings. The van der Waals surface area contributed by atoms with E-state index in [2.05, 4.69) is 18.4 Å². The predicted molar refractivity (Wildman–Crippen MR) is 73.7 cm³/mol. The highest BCUT2D eigenvalue weighted by molar-refractivity contribution is 7.89. The van der Waals surface area contributed by atoms with Crippen molar-refractivity contribution in [1.82, 2.24) is 4.90 Å². The Hall–Kier alpha value is -1.17. The summed E-state index contributed by atoms with van der Waals surface area (Å²) in [5.41, 5.74) is 2.14. The van der Waals surface area contributed by atoms with Crippen LogP contribution in [-0.4, -0.2) is 26.9 Å². The molecule has 1 aromatic carbocycles. The number of nitrogens with two attached hydrogens (primary N) is 1. The normalized spacial score (nSPS) is 13.6. The fourth-order valence-electron chi connectivity index (χ4n) is 1.75. The lowest BCUT2D eigenvalue weighted by Crippen LogP contribution is -2.24. The van der Waals surface area contributed by atoms with Crippen molar-refractivity contribution in [1.29, 1.82) is 0 Å². The van der Waals surface area contributed by atoms with E-state index in [4.69, 9.17) is 5.14 Å². The molecule has 0 saturated carbocycles. The van der Waals surface area contributed by atoms with Crippen molar-refractivity contribution in [2.45, 2.75) is 24.8 Å². The quantitative estimate of drug-likeness (QED) is 0.830. The van der Waals surface area contributed by atoms with E-state index in [0.29, 0.717) is 0 Å². The van der Waals surface area contributed by atoms with Crippen LogP contribution < -0.4 is 5.14 Å². The van der Waals surface area contributed by atoms with Gasteiger partial charge in [0.2, 0.25) is 10.0 Å². The van der Waals surface area contributed by atoms with Gasteiger partial charge < -0.3 is 0 Å². The Morgan fingerprint density at radius 2 is 1.89 bits per heavy atom. The summed E-state index contributed by atoms with van der Waals surface area (Å²) in [5.74, 6) is 0. The van der Waals surface area contributed by atoms with Gasteiger partial charge in [-0.3, -0.25) is 4.90 Å². The molecule has 0 amide bonds. The summed E-state index contributed by atoms with van der Waals surface area (Å²) in [4.78, 5) is 2.29. The third-order valence-electron chi connectivity index (χ3n) is 2.87. The molecule has 0 spiro atoms. The SMILES string of the molecule is C=C(C)CN(C)C(C)c1ccc(S(N)(=O)=O)cc1. The molecule has 1 rings (SSSR count). The van der Waals surface area contributed by atoms with Gasteiger partial charge in [-0.15, -0.1) is 0 Å². The van der Waals surface area contributed by atoms with Crippen molar-refractivity contribution in [3.8, 4) is 0 Å². The molecule has 4 nitrogen and oxygen atoms in total. The van der Waals surface area contributed by atoms with Crippen LogP contribution in [0, 0.1) is 0 Å². The maximum Gasteiger partial charge on any atom is 0.238 e. The molecule has 0 bridgehead atoms. The molecule has 0 aromatic heterocycles. The molecule has 100 valence electrons. The summed E-state index contributed by atoms with van der Waals surface area (Å²) in [7, 11) is -1.61. The van der Waals surface area contributed by atoms with Gasteiger partial charge in [0.25, 0.3) is 0 Å². The molecular weight excluding hydrogens is 248 g/mol. The molecular formula is C13H20N2O2S. The highest BCUT2D eigenvalue weighted by atomic mass is 32.2. The Labute approximate surface area is 109 Å². The van der Waals surface area contributed by atoms with Crippen molar-refractivity contribution in [3.63, 3.8) is 0 Å². The number of hydrogen-bond acceptors (Lipinski definition) is 3. The second-order valence-corrected chi connectivity index (χ2v) is 6.22. The van der Waals surface area contributed by atoms with Crippen LogP contribution in [0.15, 0.2) is 41.3 Å². The smallest absolute Gasteiger partial charge is 0.238 e. The molecule has 5 heteroatoms. The van der Waals surface area contributed by atoms with Gasteiger partial charge in [-0.25, -0.2) is 13.6 Å². The van der Waals surface area contributed by atoms with Crippen LogP contribution in [0.1, 0.15) is 25.5 Å². The van der Waals surface area contributed by atoms with E-state index in [0.717, 1.165) is 17.7 Å². The lowest BCUT2D eigenvalue weighted by molar-refractivity contribution is 0.284. The van der Waals surface area contributed by atoms with Crippen LogP contribution in [0.5, 0.6) is 0 Å². The topological polar surface area (TPSA) is 63.4 Å². The number of likely N-dealkylation sites (N-methyl/N-ethyl adjacent to an activating group) is 1. The van der Waals surface area contributed by atoms with Crippen molar-refractivity contribution in [2.24, 2.45) is 5.14 Å². The van der Waals surface area contributed by atoms with Crippen molar-refractivity contribution in [3.05, 3.63) is 42.0 Å². The Bertz CT molecular complexity index is 520. The van der Waals surface area contributed by atoms with E-state index in [1.165, 1.54) is 12.1 Å². The molecule has 1 aromatic rings. The Kier molecular flexibility index (Phi) is 4.67. The van der Waals surface area contributed by atoms with E-state index in [1.54, 1.807) is 12.1 Å². The Morgan fingerprint density at radius 3 is 2.28 bits per heavy atom. The summed E-state index contributed by atoms with van der Waals surface area (Å²) >= 11 is 0. The summed E-state index contributed by atoms with van der Waals surface area (Å²) < 4.78 is 22.3. The molecule has 1 atom stereocenters. The molecule has 0 radical (unpaired) electrons. The maximum atomic E-state index is 11.1. The highest BCUT2D eigenvalue weighted by Gasteiger charge is 2.13. The van der Waals surface area contributed by atoms with Crippen LogP contribution in [0.4, 0.5) is 0 Å².